The summed E-state index contributed by atoms with van der Waals surface area (Å²) in [6.07, 6.45) is 3.43. The summed E-state index contributed by atoms with van der Waals surface area (Å²) in [5.41, 5.74) is 3.28. The molecule has 0 saturated heterocycles. The average molecular weight is 527 g/mol. The number of imidazole rings is 2. The van der Waals surface area contributed by atoms with Gasteiger partial charge in [0.05, 0.1) is 31.3 Å². The molecule has 5 N–H and O–H groups in total. The summed E-state index contributed by atoms with van der Waals surface area (Å²) in [6, 6.07) is 14.2. The highest BCUT2D eigenvalue weighted by Crippen LogP contribution is 2.23. The Morgan fingerprint density at radius 2 is 1.29 bits per heavy atom. The van der Waals surface area contributed by atoms with Crippen LogP contribution in [0.1, 0.15) is 0 Å². The van der Waals surface area contributed by atoms with Crippen molar-refractivity contribution in [3.05, 3.63) is 65.5 Å². The van der Waals surface area contributed by atoms with Crippen molar-refractivity contribution in [1.29, 1.82) is 0 Å². The first-order chi connectivity index (χ1) is 16.6. The molecular weight excluding hydrogens is 504 g/mol. The Hall–Kier alpha value is -3.74. The minimum absolute atomic E-state index is 0.0501. The molecule has 34 heavy (non-hydrogen) atoms. The van der Waals surface area contributed by atoms with Crippen molar-refractivity contribution >= 4 is 38.9 Å². The minimum atomic E-state index is 0.0501. The van der Waals surface area contributed by atoms with Crippen molar-refractivity contribution in [1.82, 2.24) is 29.2 Å². The van der Waals surface area contributed by atoms with Gasteiger partial charge in [0.15, 0.2) is 11.3 Å². The summed E-state index contributed by atoms with van der Waals surface area (Å²) < 4.78 is 4.21. The van der Waals surface area contributed by atoms with E-state index >= 15 is 0 Å². The highest BCUT2D eigenvalue weighted by Gasteiger charge is 2.08. The summed E-state index contributed by atoms with van der Waals surface area (Å²) >= 11 is 3.33. The monoisotopic (exact) mass is 526 g/mol. The largest absolute Gasteiger partial charge is 0.508 e. The van der Waals surface area contributed by atoms with Crippen LogP contribution in [0.4, 0.5) is 11.6 Å². The number of phenolic OH excluding ortho intramolecular Hbond substituents is 1. The van der Waals surface area contributed by atoms with Gasteiger partial charge in [0, 0.05) is 18.7 Å². The van der Waals surface area contributed by atoms with Gasteiger partial charge in [-0.1, -0.05) is 0 Å². The standard InChI is InChI=1S/C14H14N4O2.C8H9BrN4O/c19-8-7-15-13-5-6-14-16-9-12(18(14)17-13)10-1-3-11(20)4-2-10;9-6-5-11-8-2-1-7(10-3-4-14)12-13(6)8/h1-6,9,19-20H,7-8H2,(H,15,17);1-2,5,14H,3-4H2,(H,10,12). The lowest BCUT2D eigenvalue weighted by molar-refractivity contribution is 0.310. The van der Waals surface area contributed by atoms with Crippen LogP contribution >= 0.6 is 15.9 Å². The molecule has 0 spiro atoms. The molecule has 0 fully saturated rings. The Kier molecular flexibility index (Phi) is 7.52. The summed E-state index contributed by atoms with van der Waals surface area (Å²) in [5, 5.41) is 41.5. The Bertz CT molecular complexity index is 1370. The van der Waals surface area contributed by atoms with Crippen LogP contribution in [0.5, 0.6) is 5.75 Å². The second-order valence-electron chi connectivity index (χ2n) is 7.05. The van der Waals surface area contributed by atoms with Crippen molar-refractivity contribution in [2.45, 2.75) is 0 Å². The van der Waals surface area contributed by atoms with E-state index in [1.807, 2.05) is 36.4 Å². The van der Waals surface area contributed by atoms with Gasteiger partial charge in [-0.25, -0.2) is 19.0 Å². The molecule has 0 aliphatic rings. The van der Waals surface area contributed by atoms with Crippen molar-refractivity contribution in [2.75, 3.05) is 36.9 Å². The third-order valence-corrected chi connectivity index (χ3v) is 5.22. The van der Waals surface area contributed by atoms with Crippen LogP contribution in [-0.4, -0.2) is 70.8 Å². The fourth-order valence-electron chi connectivity index (χ4n) is 3.10. The van der Waals surface area contributed by atoms with Gasteiger partial charge in [-0.2, -0.15) is 0 Å². The molecule has 5 rings (SSSR count). The lowest BCUT2D eigenvalue weighted by Crippen LogP contribution is -2.08. The average Bonchev–Trinajstić information content (AvgIpc) is 3.45. The predicted molar refractivity (Wildman–Crippen MR) is 132 cm³/mol. The van der Waals surface area contributed by atoms with Crippen LogP contribution in [0.25, 0.3) is 22.6 Å². The number of aromatic hydroxyl groups is 1. The van der Waals surface area contributed by atoms with Crippen molar-refractivity contribution in [2.24, 2.45) is 0 Å². The molecule has 0 aliphatic heterocycles. The number of hydrogen-bond donors (Lipinski definition) is 5. The van der Waals surface area contributed by atoms with Crippen molar-refractivity contribution in [3.8, 4) is 17.0 Å². The molecule has 0 bridgehead atoms. The third kappa shape index (κ3) is 5.42. The highest BCUT2D eigenvalue weighted by atomic mass is 79.9. The lowest BCUT2D eigenvalue weighted by atomic mass is 10.2. The van der Waals surface area contributed by atoms with Gasteiger partial charge in [-0.15, -0.1) is 10.2 Å². The smallest absolute Gasteiger partial charge is 0.154 e. The van der Waals surface area contributed by atoms with Crippen molar-refractivity contribution in [3.63, 3.8) is 0 Å². The zero-order valence-corrected chi connectivity index (χ0v) is 19.6. The summed E-state index contributed by atoms with van der Waals surface area (Å²) in [6.45, 7) is 1.08. The van der Waals surface area contributed by atoms with Crippen LogP contribution in [0.3, 0.4) is 0 Å². The van der Waals surface area contributed by atoms with E-state index in [2.05, 4.69) is 46.7 Å². The second-order valence-corrected chi connectivity index (χ2v) is 7.86. The number of aliphatic hydroxyl groups is 2. The third-order valence-electron chi connectivity index (χ3n) is 4.68. The number of benzene rings is 1. The quantitative estimate of drug-likeness (QED) is 0.215. The van der Waals surface area contributed by atoms with Crippen LogP contribution in [0, 0.1) is 0 Å². The van der Waals surface area contributed by atoms with E-state index in [4.69, 9.17) is 10.2 Å². The Labute approximate surface area is 202 Å². The van der Waals surface area contributed by atoms with Crippen molar-refractivity contribution < 1.29 is 15.3 Å². The molecule has 4 aromatic heterocycles. The topological polar surface area (TPSA) is 145 Å². The van der Waals surface area contributed by atoms with E-state index in [0.717, 1.165) is 27.2 Å². The molecule has 1 aromatic carbocycles. The molecule has 12 heteroatoms. The van der Waals surface area contributed by atoms with Gasteiger partial charge in [-0.05, 0) is 64.5 Å². The number of rotatable bonds is 7. The molecule has 11 nitrogen and oxygen atoms in total. The number of fused-ring (bicyclic) bond motifs is 2. The number of nitrogens with one attached hydrogen (secondary N) is 2. The van der Waals surface area contributed by atoms with Gasteiger partial charge < -0.3 is 26.0 Å². The maximum Gasteiger partial charge on any atom is 0.154 e. The molecule has 0 saturated carbocycles. The van der Waals surface area contributed by atoms with E-state index in [1.165, 1.54) is 0 Å². The van der Waals surface area contributed by atoms with Gasteiger partial charge in [-0.3, -0.25) is 0 Å². The number of nitrogens with zero attached hydrogens (tertiary/aromatic N) is 6. The first kappa shape index (κ1) is 23.4. The summed E-state index contributed by atoms with van der Waals surface area (Å²) in [5.74, 6) is 1.61. The Morgan fingerprint density at radius 3 is 1.91 bits per heavy atom. The fraction of sp³-hybridized carbons (Fsp3) is 0.182. The van der Waals surface area contributed by atoms with Crippen LogP contribution in [0.15, 0.2) is 65.5 Å². The molecule has 0 atom stereocenters. The molecule has 176 valence electrons. The van der Waals surface area contributed by atoms with E-state index < -0.39 is 0 Å². The van der Waals surface area contributed by atoms with E-state index in [-0.39, 0.29) is 19.0 Å². The summed E-state index contributed by atoms with van der Waals surface area (Å²) in [4.78, 5) is 8.42. The predicted octanol–water partition coefficient (Wildman–Crippen LogP) is 2.40. The van der Waals surface area contributed by atoms with Gasteiger partial charge in [0.25, 0.3) is 0 Å². The zero-order chi connectivity index (χ0) is 23.9. The number of halogens is 1. The van der Waals surface area contributed by atoms with Gasteiger partial charge in [0.2, 0.25) is 0 Å². The number of anilines is 2. The number of hydrogen-bond acceptors (Lipinski definition) is 9. The minimum Gasteiger partial charge on any atom is -0.508 e. The van der Waals surface area contributed by atoms with E-state index in [9.17, 15) is 5.11 Å². The Balaban J connectivity index is 0.000000172. The van der Waals surface area contributed by atoms with Crippen LogP contribution in [0.2, 0.25) is 0 Å². The Morgan fingerprint density at radius 1 is 0.735 bits per heavy atom. The number of phenols is 1. The normalized spacial score (nSPS) is 10.8. The van der Waals surface area contributed by atoms with Gasteiger partial charge in [0.1, 0.15) is 22.0 Å². The number of aliphatic hydroxyl groups excluding tert-OH is 2. The second kappa shape index (κ2) is 10.9. The van der Waals surface area contributed by atoms with Gasteiger partial charge >= 0.3 is 0 Å². The molecule has 0 amide bonds. The SMILES string of the molecule is OCCNc1ccc2ncc(-c3ccc(O)cc3)n2n1.OCCNc1ccc2ncc(Br)n2n1. The lowest BCUT2D eigenvalue weighted by Gasteiger charge is -2.05. The fourth-order valence-corrected chi connectivity index (χ4v) is 3.47. The summed E-state index contributed by atoms with van der Waals surface area (Å²) in [7, 11) is 0. The highest BCUT2D eigenvalue weighted by molar-refractivity contribution is 9.10. The molecule has 0 radical (unpaired) electrons. The molecule has 4 heterocycles. The molecular formula is C22H23BrN8O3. The zero-order valence-electron chi connectivity index (χ0n) is 18.0. The van der Waals surface area contributed by atoms with Crippen LogP contribution in [-0.2, 0) is 0 Å². The molecule has 5 aromatic rings. The number of aromatic nitrogens is 6. The first-order valence-electron chi connectivity index (χ1n) is 10.4. The van der Waals surface area contributed by atoms with E-state index in [1.54, 1.807) is 33.6 Å². The molecule has 0 unspecified atom stereocenters. The maximum absolute atomic E-state index is 9.34. The van der Waals surface area contributed by atoms with E-state index in [0.29, 0.717) is 24.7 Å². The van der Waals surface area contributed by atoms with Crippen LogP contribution < -0.4 is 10.6 Å². The molecule has 0 aliphatic carbocycles. The first-order valence-corrected chi connectivity index (χ1v) is 11.2. The maximum atomic E-state index is 9.34.